The molecule has 0 heterocycles. The Kier molecular flexibility index (Phi) is 4.63. The average Bonchev–Trinajstić information content (AvgIpc) is 2.37. The molecule has 0 aromatic heterocycles. The summed E-state index contributed by atoms with van der Waals surface area (Å²) in [6, 6.07) is 9.62. The summed E-state index contributed by atoms with van der Waals surface area (Å²) < 4.78 is 28.3. The highest BCUT2D eigenvalue weighted by molar-refractivity contribution is 9.11. The van der Waals surface area contributed by atoms with Crippen LogP contribution in [0.15, 0.2) is 50.2 Å². The Balaban J connectivity index is 2.49. The highest BCUT2D eigenvalue weighted by atomic mass is 79.9. The van der Waals surface area contributed by atoms with E-state index in [1.807, 2.05) is 0 Å². The second-order valence-electron chi connectivity index (χ2n) is 3.88. The number of halogens is 3. The van der Waals surface area contributed by atoms with E-state index in [2.05, 4.69) is 36.6 Å². The van der Waals surface area contributed by atoms with Gasteiger partial charge in [0.2, 0.25) is 0 Å². The van der Waals surface area contributed by atoms with E-state index in [0.717, 1.165) is 0 Å². The summed E-state index contributed by atoms with van der Waals surface area (Å²) in [6.07, 6.45) is 0. The molecule has 0 bridgehead atoms. The lowest BCUT2D eigenvalue weighted by molar-refractivity contribution is 0.600. The van der Waals surface area contributed by atoms with Crippen LogP contribution in [-0.2, 0) is 10.0 Å². The number of rotatable bonds is 3. The Hall–Kier alpha value is -0.760. The van der Waals surface area contributed by atoms with Gasteiger partial charge in [0.25, 0.3) is 10.0 Å². The molecule has 0 fully saturated rings. The smallest absolute Gasteiger partial charge is 0.263 e. The zero-order valence-corrected chi connectivity index (χ0v) is 14.6. The molecular formula is C12H9Br2ClN2O2S. The van der Waals surface area contributed by atoms with E-state index in [4.69, 9.17) is 17.3 Å². The molecule has 0 aliphatic heterocycles. The fourth-order valence-electron chi connectivity index (χ4n) is 1.52. The topological polar surface area (TPSA) is 72.2 Å². The molecule has 0 saturated heterocycles. The normalized spacial score (nSPS) is 11.3. The van der Waals surface area contributed by atoms with Crippen molar-refractivity contribution in [2.45, 2.75) is 4.90 Å². The first-order valence-corrected chi connectivity index (χ1v) is 8.78. The van der Waals surface area contributed by atoms with Crippen LogP contribution >= 0.6 is 43.5 Å². The minimum Gasteiger partial charge on any atom is -0.397 e. The lowest BCUT2D eigenvalue weighted by Gasteiger charge is -2.13. The second kappa shape index (κ2) is 5.93. The molecule has 2 aromatic carbocycles. The third-order valence-electron chi connectivity index (χ3n) is 2.47. The van der Waals surface area contributed by atoms with Crippen molar-refractivity contribution in [2.75, 3.05) is 10.5 Å². The van der Waals surface area contributed by atoms with E-state index in [9.17, 15) is 8.42 Å². The van der Waals surface area contributed by atoms with Crippen molar-refractivity contribution >= 4 is 64.9 Å². The van der Waals surface area contributed by atoms with Gasteiger partial charge in [-0.25, -0.2) is 8.42 Å². The van der Waals surface area contributed by atoms with Gasteiger partial charge in [0.05, 0.1) is 16.4 Å². The summed E-state index contributed by atoms with van der Waals surface area (Å²) >= 11 is 12.4. The summed E-state index contributed by atoms with van der Waals surface area (Å²) in [5, 5.41) is 0.236. The molecule has 2 aromatic rings. The summed E-state index contributed by atoms with van der Waals surface area (Å²) in [5.41, 5.74) is 6.17. The summed E-state index contributed by atoms with van der Waals surface area (Å²) in [4.78, 5) is 0.0891. The monoisotopic (exact) mass is 438 g/mol. The molecule has 0 radical (unpaired) electrons. The largest absolute Gasteiger partial charge is 0.397 e. The fourth-order valence-corrected chi connectivity index (χ4v) is 4.42. The highest BCUT2D eigenvalue weighted by Crippen LogP contribution is 2.32. The van der Waals surface area contributed by atoms with Crippen LogP contribution in [0.1, 0.15) is 0 Å². The number of hydrogen-bond donors (Lipinski definition) is 2. The first-order chi connectivity index (χ1) is 9.31. The van der Waals surface area contributed by atoms with Crippen molar-refractivity contribution in [3.63, 3.8) is 0 Å². The fraction of sp³-hybridized carbons (Fsp3) is 0. The van der Waals surface area contributed by atoms with Crippen LogP contribution in [0, 0.1) is 0 Å². The first kappa shape index (κ1) is 15.6. The molecule has 0 aliphatic rings. The van der Waals surface area contributed by atoms with Gasteiger partial charge >= 0.3 is 0 Å². The van der Waals surface area contributed by atoms with Crippen molar-refractivity contribution in [1.82, 2.24) is 0 Å². The van der Waals surface area contributed by atoms with Gasteiger partial charge in [0, 0.05) is 8.95 Å². The van der Waals surface area contributed by atoms with Crippen LogP contribution < -0.4 is 10.5 Å². The molecule has 0 saturated carbocycles. The number of hydrogen-bond acceptors (Lipinski definition) is 3. The summed E-state index contributed by atoms with van der Waals surface area (Å²) in [7, 11) is -3.80. The Morgan fingerprint density at radius 1 is 1.15 bits per heavy atom. The predicted molar refractivity (Wildman–Crippen MR) is 88.5 cm³/mol. The molecule has 0 amide bonds. The van der Waals surface area contributed by atoms with Crippen molar-refractivity contribution < 1.29 is 8.42 Å². The number of nitrogens with two attached hydrogens (primary N) is 1. The van der Waals surface area contributed by atoms with Gasteiger partial charge in [-0.3, -0.25) is 4.72 Å². The lowest BCUT2D eigenvalue weighted by atomic mass is 10.3. The third-order valence-corrected chi connectivity index (χ3v) is 5.62. The molecule has 20 heavy (non-hydrogen) atoms. The van der Waals surface area contributed by atoms with E-state index in [1.54, 1.807) is 30.3 Å². The van der Waals surface area contributed by atoms with Crippen molar-refractivity contribution in [3.8, 4) is 0 Å². The summed E-state index contributed by atoms with van der Waals surface area (Å²) in [5.74, 6) is 0. The van der Waals surface area contributed by atoms with Crippen LogP contribution in [0.4, 0.5) is 11.4 Å². The number of para-hydroxylation sites is 1. The van der Waals surface area contributed by atoms with Gasteiger partial charge in [-0.15, -0.1) is 0 Å². The van der Waals surface area contributed by atoms with E-state index in [0.29, 0.717) is 8.95 Å². The maximum absolute atomic E-state index is 12.4. The maximum Gasteiger partial charge on any atom is 0.263 e. The van der Waals surface area contributed by atoms with Gasteiger partial charge in [0.15, 0.2) is 0 Å². The molecular weight excluding hydrogens is 431 g/mol. The lowest BCUT2D eigenvalue weighted by Crippen LogP contribution is -2.15. The van der Waals surface area contributed by atoms with E-state index >= 15 is 0 Å². The molecule has 3 N–H and O–H groups in total. The molecule has 106 valence electrons. The highest BCUT2D eigenvalue weighted by Gasteiger charge is 2.20. The van der Waals surface area contributed by atoms with Crippen molar-refractivity contribution in [2.24, 2.45) is 0 Å². The number of sulfonamides is 1. The Bertz CT molecular complexity index is 746. The van der Waals surface area contributed by atoms with Crippen LogP contribution in [0.3, 0.4) is 0 Å². The Morgan fingerprint density at radius 3 is 2.50 bits per heavy atom. The second-order valence-corrected chi connectivity index (χ2v) is 7.71. The van der Waals surface area contributed by atoms with Crippen LogP contribution in [0.5, 0.6) is 0 Å². The first-order valence-electron chi connectivity index (χ1n) is 5.33. The molecule has 0 atom stereocenters. The average molecular weight is 441 g/mol. The zero-order chi connectivity index (χ0) is 14.9. The Morgan fingerprint density at radius 2 is 1.85 bits per heavy atom. The van der Waals surface area contributed by atoms with Gasteiger partial charge < -0.3 is 5.73 Å². The molecule has 8 heteroatoms. The molecule has 4 nitrogen and oxygen atoms in total. The number of anilines is 2. The van der Waals surface area contributed by atoms with Gasteiger partial charge in [-0.05, 0) is 46.3 Å². The predicted octanol–water partition coefficient (Wildman–Crippen LogP) is 4.25. The minimum atomic E-state index is -3.80. The number of benzene rings is 2. The molecule has 0 spiro atoms. The van der Waals surface area contributed by atoms with E-state index < -0.39 is 10.0 Å². The number of nitrogens with one attached hydrogen (secondary N) is 1. The van der Waals surface area contributed by atoms with Gasteiger partial charge in [-0.2, -0.15) is 0 Å². The van der Waals surface area contributed by atoms with Crippen molar-refractivity contribution in [3.05, 3.63) is 50.4 Å². The van der Waals surface area contributed by atoms with E-state index in [-0.39, 0.29) is 21.3 Å². The zero-order valence-electron chi connectivity index (χ0n) is 9.90. The van der Waals surface area contributed by atoms with Crippen molar-refractivity contribution in [1.29, 1.82) is 0 Å². The number of nitrogen functional groups attached to an aromatic ring is 1. The standard InChI is InChI=1S/C12H9Br2ClN2O2S/c13-7-4-5-8(14)11(6-7)20(18,19)17-12-9(15)2-1-3-10(12)16/h1-6,17H,16H2. The van der Waals surface area contributed by atoms with Crippen LogP contribution in [-0.4, -0.2) is 8.42 Å². The van der Waals surface area contributed by atoms with Gasteiger partial charge in [-0.1, -0.05) is 33.6 Å². The maximum atomic E-state index is 12.4. The molecule has 2 rings (SSSR count). The third kappa shape index (κ3) is 3.28. The summed E-state index contributed by atoms with van der Waals surface area (Å²) in [6.45, 7) is 0. The minimum absolute atomic E-state index is 0.0891. The molecule has 0 unspecified atom stereocenters. The van der Waals surface area contributed by atoms with Crippen LogP contribution in [0.2, 0.25) is 5.02 Å². The SMILES string of the molecule is Nc1cccc(Cl)c1NS(=O)(=O)c1cc(Br)ccc1Br. The molecule has 0 aliphatic carbocycles. The quantitative estimate of drug-likeness (QED) is 0.701. The van der Waals surface area contributed by atoms with E-state index in [1.165, 1.54) is 6.07 Å². The van der Waals surface area contributed by atoms with Crippen LogP contribution in [0.25, 0.3) is 0 Å². The Labute approximate surface area is 138 Å². The van der Waals surface area contributed by atoms with Gasteiger partial charge in [0.1, 0.15) is 4.90 Å².